The van der Waals surface area contributed by atoms with Crippen LogP contribution in [0.15, 0.2) is 42.6 Å². The van der Waals surface area contributed by atoms with Gasteiger partial charge in [0, 0.05) is 19.3 Å². The summed E-state index contributed by atoms with van der Waals surface area (Å²) in [7, 11) is 0. The van der Waals surface area contributed by atoms with Crippen molar-refractivity contribution < 1.29 is 13.9 Å². The van der Waals surface area contributed by atoms with Gasteiger partial charge in [0.2, 0.25) is 0 Å². The Balaban J connectivity index is 1.72. The van der Waals surface area contributed by atoms with Crippen LogP contribution in [0.1, 0.15) is 28.8 Å². The first-order valence-corrected chi connectivity index (χ1v) is 7.35. The smallest absolute Gasteiger partial charge is 0.342 e. The predicted octanol–water partition coefficient (Wildman–Crippen LogP) is 3.18. The zero-order chi connectivity index (χ0) is 15.4. The van der Waals surface area contributed by atoms with E-state index in [9.17, 15) is 9.18 Å². The lowest BCUT2D eigenvalue weighted by atomic mass is 10.2. The van der Waals surface area contributed by atoms with Crippen molar-refractivity contribution in [2.45, 2.75) is 19.4 Å². The maximum atomic E-state index is 13.1. The second-order valence-corrected chi connectivity index (χ2v) is 5.27. The van der Waals surface area contributed by atoms with E-state index < -0.39 is 5.97 Å². The van der Waals surface area contributed by atoms with E-state index in [0.717, 1.165) is 25.9 Å². The molecule has 0 radical (unpaired) electrons. The van der Waals surface area contributed by atoms with Gasteiger partial charge in [-0.25, -0.2) is 14.2 Å². The van der Waals surface area contributed by atoms with Crippen molar-refractivity contribution in [1.82, 2.24) is 4.98 Å². The first kappa shape index (κ1) is 14.5. The van der Waals surface area contributed by atoms with Gasteiger partial charge in [-0.2, -0.15) is 0 Å². The minimum absolute atomic E-state index is 0.0466. The third-order valence-corrected chi connectivity index (χ3v) is 3.67. The molecule has 114 valence electrons. The Morgan fingerprint density at radius 2 is 2.05 bits per heavy atom. The van der Waals surface area contributed by atoms with Gasteiger partial charge in [-0.3, -0.25) is 0 Å². The monoisotopic (exact) mass is 300 g/mol. The van der Waals surface area contributed by atoms with Crippen molar-refractivity contribution in [2.24, 2.45) is 0 Å². The van der Waals surface area contributed by atoms with Crippen LogP contribution in [0.4, 0.5) is 10.2 Å². The molecule has 2 aromatic rings. The Hall–Kier alpha value is -2.43. The van der Waals surface area contributed by atoms with E-state index in [1.807, 2.05) is 0 Å². The molecule has 5 heteroatoms. The highest BCUT2D eigenvalue weighted by molar-refractivity contribution is 5.94. The SMILES string of the molecule is O=C(OCc1cccc(F)c1)c1cccnc1N1CCCC1. The van der Waals surface area contributed by atoms with Gasteiger partial charge in [-0.1, -0.05) is 12.1 Å². The first-order chi connectivity index (χ1) is 10.7. The van der Waals surface area contributed by atoms with Crippen LogP contribution in [-0.2, 0) is 11.3 Å². The fourth-order valence-corrected chi connectivity index (χ4v) is 2.59. The molecule has 22 heavy (non-hydrogen) atoms. The lowest BCUT2D eigenvalue weighted by Gasteiger charge is -2.18. The number of ether oxygens (including phenoxy) is 1. The zero-order valence-corrected chi connectivity index (χ0v) is 12.2. The largest absolute Gasteiger partial charge is 0.457 e. The zero-order valence-electron chi connectivity index (χ0n) is 12.2. The molecule has 1 saturated heterocycles. The lowest BCUT2D eigenvalue weighted by molar-refractivity contribution is 0.0472. The van der Waals surface area contributed by atoms with Crippen LogP contribution in [0.25, 0.3) is 0 Å². The normalized spacial score (nSPS) is 14.1. The second kappa shape index (κ2) is 6.56. The number of benzene rings is 1. The molecular weight excluding hydrogens is 283 g/mol. The Labute approximate surface area is 128 Å². The molecule has 3 rings (SSSR count). The van der Waals surface area contributed by atoms with Crippen molar-refractivity contribution in [2.75, 3.05) is 18.0 Å². The van der Waals surface area contributed by atoms with E-state index >= 15 is 0 Å². The van der Waals surface area contributed by atoms with Crippen molar-refractivity contribution in [3.8, 4) is 0 Å². The highest BCUT2D eigenvalue weighted by Gasteiger charge is 2.21. The molecule has 1 aromatic carbocycles. The quantitative estimate of drug-likeness (QED) is 0.813. The highest BCUT2D eigenvalue weighted by atomic mass is 19.1. The molecule has 1 aromatic heterocycles. The summed E-state index contributed by atoms with van der Waals surface area (Å²) in [6.45, 7) is 1.85. The number of rotatable bonds is 4. The number of pyridine rings is 1. The van der Waals surface area contributed by atoms with Gasteiger partial charge in [0.05, 0.1) is 0 Å². The predicted molar refractivity (Wildman–Crippen MR) is 81.2 cm³/mol. The molecule has 0 aliphatic carbocycles. The van der Waals surface area contributed by atoms with Gasteiger partial charge in [-0.15, -0.1) is 0 Å². The molecule has 1 fully saturated rings. The first-order valence-electron chi connectivity index (χ1n) is 7.35. The van der Waals surface area contributed by atoms with Gasteiger partial charge >= 0.3 is 5.97 Å². The van der Waals surface area contributed by atoms with Crippen LogP contribution in [0.5, 0.6) is 0 Å². The topological polar surface area (TPSA) is 42.4 Å². The van der Waals surface area contributed by atoms with Crippen LogP contribution < -0.4 is 4.90 Å². The van der Waals surface area contributed by atoms with Crippen LogP contribution in [0, 0.1) is 5.82 Å². The van der Waals surface area contributed by atoms with E-state index in [4.69, 9.17) is 4.74 Å². The minimum atomic E-state index is -0.431. The fourth-order valence-electron chi connectivity index (χ4n) is 2.59. The van der Waals surface area contributed by atoms with Crippen molar-refractivity contribution in [1.29, 1.82) is 0 Å². The average Bonchev–Trinajstić information content (AvgIpc) is 3.07. The summed E-state index contributed by atoms with van der Waals surface area (Å²) >= 11 is 0. The van der Waals surface area contributed by atoms with E-state index in [0.29, 0.717) is 16.9 Å². The summed E-state index contributed by atoms with van der Waals surface area (Å²) in [4.78, 5) is 18.7. The number of nitrogens with zero attached hydrogens (tertiary/aromatic N) is 2. The third kappa shape index (κ3) is 3.24. The van der Waals surface area contributed by atoms with Crippen molar-refractivity contribution in [3.63, 3.8) is 0 Å². The Kier molecular flexibility index (Phi) is 4.32. The molecule has 0 atom stereocenters. The minimum Gasteiger partial charge on any atom is -0.457 e. The molecule has 1 aliphatic heterocycles. The Bertz CT molecular complexity index is 669. The number of hydrogen-bond acceptors (Lipinski definition) is 4. The van der Waals surface area contributed by atoms with E-state index in [2.05, 4.69) is 9.88 Å². The van der Waals surface area contributed by atoms with Gasteiger partial charge in [-0.05, 0) is 42.7 Å². The molecule has 0 saturated carbocycles. The number of aromatic nitrogens is 1. The summed E-state index contributed by atoms with van der Waals surface area (Å²) in [5.74, 6) is -0.101. The van der Waals surface area contributed by atoms with Gasteiger partial charge in [0.15, 0.2) is 0 Å². The Morgan fingerprint density at radius 1 is 1.23 bits per heavy atom. The number of hydrogen-bond donors (Lipinski definition) is 0. The second-order valence-electron chi connectivity index (χ2n) is 5.27. The summed E-state index contributed by atoms with van der Waals surface area (Å²) in [5, 5.41) is 0. The molecule has 0 spiro atoms. The molecule has 2 heterocycles. The molecular formula is C17H17FN2O2. The standard InChI is InChI=1S/C17H17FN2O2/c18-14-6-3-5-13(11-14)12-22-17(21)15-7-4-8-19-16(15)20-9-1-2-10-20/h3-8,11H,1-2,9-10,12H2. The van der Waals surface area contributed by atoms with Gasteiger partial charge < -0.3 is 9.64 Å². The van der Waals surface area contributed by atoms with Gasteiger partial charge in [0.25, 0.3) is 0 Å². The number of carbonyl (C=O) groups is 1. The molecule has 0 N–H and O–H groups in total. The lowest BCUT2D eigenvalue weighted by Crippen LogP contribution is -2.22. The molecule has 1 aliphatic rings. The molecule has 0 amide bonds. The van der Waals surface area contributed by atoms with Crippen LogP contribution in [0.3, 0.4) is 0 Å². The molecule has 0 unspecified atom stereocenters. The van der Waals surface area contributed by atoms with Crippen molar-refractivity contribution >= 4 is 11.8 Å². The van der Waals surface area contributed by atoms with Crippen LogP contribution in [-0.4, -0.2) is 24.0 Å². The Morgan fingerprint density at radius 3 is 2.82 bits per heavy atom. The highest BCUT2D eigenvalue weighted by Crippen LogP contribution is 2.22. The summed E-state index contributed by atoms with van der Waals surface area (Å²) in [6.07, 6.45) is 3.89. The summed E-state index contributed by atoms with van der Waals surface area (Å²) < 4.78 is 18.4. The maximum absolute atomic E-state index is 13.1. The van der Waals surface area contributed by atoms with E-state index in [1.54, 1.807) is 30.5 Å². The maximum Gasteiger partial charge on any atom is 0.342 e. The number of halogens is 1. The van der Waals surface area contributed by atoms with Crippen LogP contribution >= 0.6 is 0 Å². The number of esters is 1. The third-order valence-electron chi connectivity index (χ3n) is 3.67. The molecule has 0 bridgehead atoms. The average molecular weight is 300 g/mol. The number of anilines is 1. The summed E-state index contributed by atoms with van der Waals surface area (Å²) in [5.41, 5.74) is 1.08. The number of carbonyl (C=O) groups excluding carboxylic acids is 1. The van der Waals surface area contributed by atoms with Crippen LogP contribution in [0.2, 0.25) is 0 Å². The van der Waals surface area contributed by atoms with Gasteiger partial charge in [0.1, 0.15) is 23.8 Å². The van der Waals surface area contributed by atoms with E-state index in [1.165, 1.54) is 12.1 Å². The fraction of sp³-hybridized carbons (Fsp3) is 0.294. The molecule has 4 nitrogen and oxygen atoms in total. The summed E-state index contributed by atoms with van der Waals surface area (Å²) in [6, 6.07) is 9.47. The van der Waals surface area contributed by atoms with E-state index in [-0.39, 0.29) is 12.4 Å². The van der Waals surface area contributed by atoms with Crippen molar-refractivity contribution in [3.05, 3.63) is 59.5 Å².